The Bertz CT molecular complexity index is 517. The zero-order chi connectivity index (χ0) is 18.4. The van der Waals surface area contributed by atoms with Gasteiger partial charge in [0.15, 0.2) is 0 Å². The predicted octanol–water partition coefficient (Wildman–Crippen LogP) is 3.06. The summed E-state index contributed by atoms with van der Waals surface area (Å²) in [6.45, 7) is 12.4. The first-order valence-electron chi connectivity index (χ1n) is 8.02. The highest BCUT2D eigenvalue weighted by atomic mass is 28.4. The third-order valence-corrected chi connectivity index (χ3v) is 8.57. The summed E-state index contributed by atoms with van der Waals surface area (Å²) >= 11 is 0. The van der Waals surface area contributed by atoms with E-state index in [0.29, 0.717) is 0 Å². The molecule has 2 amide bonds. The molecule has 2 heterocycles. The molecule has 2 rings (SSSR count). The van der Waals surface area contributed by atoms with Gasteiger partial charge in [0, 0.05) is 13.1 Å². The van der Waals surface area contributed by atoms with Gasteiger partial charge in [-0.1, -0.05) is 20.8 Å². The maximum atomic E-state index is 11.8. The molecule has 0 bridgehead atoms. The van der Waals surface area contributed by atoms with Gasteiger partial charge in [0.2, 0.25) is 5.76 Å². The van der Waals surface area contributed by atoms with Gasteiger partial charge in [-0.25, -0.2) is 4.79 Å². The Kier molecular flexibility index (Phi) is 6.89. The van der Waals surface area contributed by atoms with E-state index in [1.807, 2.05) is 4.90 Å². The number of carbonyl (C=O) groups is 2. The van der Waals surface area contributed by atoms with E-state index in [2.05, 4.69) is 43.6 Å². The van der Waals surface area contributed by atoms with E-state index in [4.69, 9.17) is 10.2 Å². The number of rotatable bonds is 2. The van der Waals surface area contributed by atoms with Crippen LogP contribution in [-0.4, -0.2) is 38.3 Å². The molecule has 0 aliphatic carbocycles. The highest BCUT2D eigenvalue weighted by molar-refractivity contribution is 6.75. The van der Waals surface area contributed by atoms with Crippen molar-refractivity contribution in [1.82, 2.24) is 4.90 Å². The molecule has 136 valence electrons. The van der Waals surface area contributed by atoms with Crippen molar-refractivity contribution in [3.63, 3.8) is 0 Å². The van der Waals surface area contributed by atoms with E-state index >= 15 is 0 Å². The van der Waals surface area contributed by atoms with Gasteiger partial charge in [0.1, 0.15) is 6.26 Å². The average molecular weight is 356 g/mol. The summed E-state index contributed by atoms with van der Waals surface area (Å²) in [4.78, 5) is 32.6. The zero-order valence-electron chi connectivity index (χ0n) is 15.1. The van der Waals surface area contributed by atoms with Gasteiger partial charge in [-0.2, -0.15) is 0 Å². The Balaban J connectivity index is 0.000000272. The Morgan fingerprint density at radius 3 is 2.21 bits per heavy atom. The standard InChI is InChI=1S/C11H23NO2Si.C5H5NO3/c1-11(2,3)15(4,5)14-10(13)12-8-6-7-9-12;6-5(7)4-2-1-3-8-9-4/h6-9H2,1-5H3;1-3H,(H2,6,7). The number of nitrogens with zero attached hydrogens (tertiary/aromatic N) is 1. The van der Waals surface area contributed by atoms with Crippen LogP contribution in [0.15, 0.2) is 24.2 Å². The molecule has 2 aliphatic rings. The van der Waals surface area contributed by atoms with Crippen LogP contribution in [0, 0.1) is 0 Å². The van der Waals surface area contributed by atoms with Crippen molar-refractivity contribution >= 4 is 20.3 Å². The molecular formula is C16H28N2O5Si. The number of hydrogen-bond donors (Lipinski definition) is 1. The minimum Gasteiger partial charge on any atom is -0.503 e. The molecule has 0 aromatic carbocycles. The second kappa shape index (κ2) is 8.23. The molecule has 0 radical (unpaired) electrons. The Morgan fingerprint density at radius 1 is 1.25 bits per heavy atom. The van der Waals surface area contributed by atoms with Crippen molar-refractivity contribution in [3.05, 3.63) is 24.2 Å². The molecule has 0 saturated carbocycles. The van der Waals surface area contributed by atoms with Crippen molar-refractivity contribution in [1.29, 1.82) is 0 Å². The molecule has 0 atom stereocenters. The van der Waals surface area contributed by atoms with Crippen LogP contribution < -0.4 is 5.73 Å². The number of carbonyl (C=O) groups excluding carboxylic acids is 2. The van der Waals surface area contributed by atoms with Crippen molar-refractivity contribution < 1.29 is 23.8 Å². The van der Waals surface area contributed by atoms with E-state index in [1.165, 1.54) is 18.4 Å². The number of nitrogens with two attached hydrogens (primary N) is 1. The summed E-state index contributed by atoms with van der Waals surface area (Å²) in [7, 11) is -1.93. The number of primary amides is 1. The van der Waals surface area contributed by atoms with E-state index in [0.717, 1.165) is 25.9 Å². The summed E-state index contributed by atoms with van der Waals surface area (Å²) in [5.41, 5.74) is 4.82. The maximum absolute atomic E-state index is 11.8. The first-order valence-corrected chi connectivity index (χ1v) is 10.9. The third kappa shape index (κ3) is 5.92. The van der Waals surface area contributed by atoms with Gasteiger partial charge in [-0.05, 0) is 43.1 Å². The summed E-state index contributed by atoms with van der Waals surface area (Å²) < 4.78 is 5.71. The van der Waals surface area contributed by atoms with Gasteiger partial charge in [0.05, 0.1) is 0 Å². The van der Waals surface area contributed by atoms with Crippen LogP contribution in [0.1, 0.15) is 33.6 Å². The van der Waals surface area contributed by atoms with E-state index in [9.17, 15) is 9.59 Å². The average Bonchev–Trinajstić information content (AvgIpc) is 3.01. The molecule has 0 aromatic rings. The third-order valence-electron chi connectivity index (χ3n) is 4.28. The number of amides is 2. The molecule has 2 N–H and O–H groups in total. The lowest BCUT2D eigenvalue weighted by molar-refractivity contribution is -0.215. The summed E-state index contributed by atoms with van der Waals surface area (Å²) in [5.74, 6) is -0.628. The molecule has 7 nitrogen and oxygen atoms in total. The zero-order valence-corrected chi connectivity index (χ0v) is 16.1. The highest BCUT2D eigenvalue weighted by Gasteiger charge is 2.41. The molecule has 8 heteroatoms. The van der Waals surface area contributed by atoms with Gasteiger partial charge >= 0.3 is 6.09 Å². The fourth-order valence-electron chi connectivity index (χ4n) is 1.72. The van der Waals surface area contributed by atoms with E-state index in [-0.39, 0.29) is 16.9 Å². The van der Waals surface area contributed by atoms with Gasteiger partial charge < -0.3 is 15.1 Å². The van der Waals surface area contributed by atoms with E-state index < -0.39 is 14.2 Å². The van der Waals surface area contributed by atoms with Crippen LogP contribution in [0.4, 0.5) is 4.79 Å². The Labute approximate surface area is 144 Å². The van der Waals surface area contributed by atoms with Crippen LogP contribution in [0.2, 0.25) is 18.1 Å². The predicted molar refractivity (Wildman–Crippen MR) is 93.1 cm³/mol. The van der Waals surface area contributed by atoms with Crippen LogP contribution in [-0.2, 0) is 19.0 Å². The topological polar surface area (TPSA) is 91.1 Å². The van der Waals surface area contributed by atoms with Crippen LogP contribution >= 0.6 is 0 Å². The maximum Gasteiger partial charge on any atom is 0.396 e. The Hall–Kier alpha value is -1.96. The van der Waals surface area contributed by atoms with Gasteiger partial charge in [0.25, 0.3) is 14.2 Å². The number of hydrogen-bond acceptors (Lipinski definition) is 5. The van der Waals surface area contributed by atoms with Gasteiger partial charge in [-0.15, -0.1) is 0 Å². The normalized spacial score (nSPS) is 17.0. The van der Waals surface area contributed by atoms with Crippen molar-refractivity contribution in [2.75, 3.05) is 13.1 Å². The van der Waals surface area contributed by atoms with Crippen molar-refractivity contribution in [3.8, 4) is 0 Å². The molecule has 0 unspecified atom stereocenters. The molecular weight excluding hydrogens is 328 g/mol. The lowest BCUT2D eigenvalue weighted by Crippen LogP contribution is -2.46. The lowest BCUT2D eigenvalue weighted by atomic mass is 10.2. The monoisotopic (exact) mass is 356 g/mol. The Morgan fingerprint density at radius 2 is 1.83 bits per heavy atom. The van der Waals surface area contributed by atoms with Gasteiger partial charge in [-0.3, -0.25) is 14.6 Å². The molecule has 24 heavy (non-hydrogen) atoms. The number of likely N-dealkylation sites (tertiary alicyclic amines) is 1. The van der Waals surface area contributed by atoms with Crippen LogP contribution in [0.25, 0.3) is 0 Å². The first kappa shape index (κ1) is 20.1. The highest BCUT2D eigenvalue weighted by Crippen LogP contribution is 2.37. The second-order valence-electron chi connectivity index (χ2n) is 7.23. The van der Waals surface area contributed by atoms with Crippen LogP contribution in [0.5, 0.6) is 0 Å². The minimum absolute atomic E-state index is 0.0116. The summed E-state index contributed by atoms with van der Waals surface area (Å²) in [6, 6.07) is 0. The van der Waals surface area contributed by atoms with E-state index in [1.54, 1.807) is 0 Å². The van der Waals surface area contributed by atoms with Crippen molar-refractivity contribution in [2.45, 2.75) is 51.7 Å². The molecule has 1 saturated heterocycles. The lowest BCUT2D eigenvalue weighted by Gasteiger charge is -2.36. The van der Waals surface area contributed by atoms with Crippen LogP contribution in [0.3, 0.4) is 0 Å². The molecule has 0 spiro atoms. The van der Waals surface area contributed by atoms with Crippen molar-refractivity contribution in [2.24, 2.45) is 5.73 Å². The fraction of sp³-hybridized carbons (Fsp3) is 0.625. The fourth-order valence-corrected chi connectivity index (χ4v) is 2.60. The summed E-state index contributed by atoms with van der Waals surface area (Å²) in [6.07, 6.45) is 6.38. The number of allylic oxidation sites excluding steroid dienone is 2. The first-order chi connectivity index (χ1) is 11.0. The molecule has 1 fully saturated rings. The second-order valence-corrected chi connectivity index (χ2v) is 12.0. The SMILES string of the molecule is CC(C)(C)[Si](C)(C)OC(=O)N1CCCC1.NC(=O)C1=CC=COO1. The largest absolute Gasteiger partial charge is 0.503 e. The quantitative estimate of drug-likeness (QED) is 0.606. The smallest absolute Gasteiger partial charge is 0.396 e. The summed E-state index contributed by atoms with van der Waals surface area (Å²) in [5, 5.41) is 0.0996. The molecule has 2 aliphatic heterocycles. The molecule has 0 aromatic heterocycles. The minimum atomic E-state index is -1.93.